The minimum atomic E-state index is -3.21. The van der Waals surface area contributed by atoms with E-state index in [2.05, 4.69) is 15.9 Å². The molecule has 0 spiro atoms. The summed E-state index contributed by atoms with van der Waals surface area (Å²) >= 11 is 3.32. The molecule has 2 rings (SSSR count). The lowest BCUT2D eigenvalue weighted by molar-refractivity contribution is 0.285. The van der Waals surface area contributed by atoms with Crippen molar-refractivity contribution in [3.8, 4) is 0 Å². The van der Waals surface area contributed by atoms with Gasteiger partial charge in [0, 0.05) is 11.1 Å². The molecule has 0 aliphatic carbocycles. The third-order valence-electron chi connectivity index (χ3n) is 2.67. The summed E-state index contributed by atoms with van der Waals surface area (Å²) in [7, 11) is -3.21. The maximum Gasteiger partial charge on any atom is 0.181 e. The van der Waals surface area contributed by atoms with Gasteiger partial charge in [0.2, 0.25) is 0 Å². The lowest BCUT2D eigenvalue weighted by atomic mass is 10.1. The molecular formula is C10H11BrO3S. The Morgan fingerprint density at radius 3 is 2.87 bits per heavy atom. The van der Waals surface area contributed by atoms with Crippen molar-refractivity contribution < 1.29 is 13.5 Å². The fourth-order valence-electron chi connectivity index (χ4n) is 1.92. The number of halogens is 1. The highest BCUT2D eigenvalue weighted by Crippen LogP contribution is 2.34. The van der Waals surface area contributed by atoms with Gasteiger partial charge in [0.1, 0.15) is 0 Å². The van der Waals surface area contributed by atoms with E-state index in [1.165, 1.54) is 0 Å². The Labute approximate surface area is 97.2 Å². The fraction of sp³-hybridized carbons (Fsp3) is 0.400. The van der Waals surface area contributed by atoms with Crippen LogP contribution in [0.3, 0.4) is 0 Å². The second-order valence-corrected chi connectivity index (χ2v) is 6.75. The van der Waals surface area contributed by atoms with Gasteiger partial charge in [-0.05, 0) is 36.6 Å². The summed E-state index contributed by atoms with van der Waals surface area (Å²) in [5.74, 6) is 0. The zero-order valence-electron chi connectivity index (χ0n) is 7.98. The second kappa shape index (κ2) is 3.88. The summed E-state index contributed by atoms with van der Waals surface area (Å²) in [5, 5.41) is 8.37. The van der Waals surface area contributed by atoms with Crippen LogP contribution in [0.1, 0.15) is 12.0 Å². The van der Waals surface area contributed by atoms with E-state index in [1.54, 1.807) is 12.1 Å². The average Bonchev–Trinajstić information content (AvgIpc) is 2.39. The van der Waals surface area contributed by atoms with Crippen molar-refractivity contribution >= 4 is 25.8 Å². The van der Waals surface area contributed by atoms with Crippen LogP contribution < -0.4 is 0 Å². The van der Waals surface area contributed by atoms with Gasteiger partial charge in [0.05, 0.1) is 10.1 Å². The zero-order chi connectivity index (χ0) is 11.1. The molecule has 1 aliphatic heterocycles. The molecule has 0 radical (unpaired) electrons. The molecule has 0 bridgehead atoms. The van der Waals surface area contributed by atoms with E-state index in [0.29, 0.717) is 17.7 Å². The number of hydrogen-bond donors (Lipinski definition) is 1. The molecule has 1 unspecified atom stereocenters. The number of aliphatic hydroxyl groups is 1. The van der Waals surface area contributed by atoms with E-state index in [0.717, 1.165) is 10.0 Å². The van der Waals surface area contributed by atoms with Crippen LogP contribution in [0, 0.1) is 0 Å². The molecule has 1 atom stereocenters. The highest BCUT2D eigenvalue weighted by atomic mass is 79.9. The fourth-order valence-corrected chi connectivity index (χ4v) is 4.27. The Morgan fingerprint density at radius 2 is 2.20 bits per heavy atom. The minimum absolute atomic E-state index is 0.0843. The first-order valence-electron chi connectivity index (χ1n) is 4.69. The van der Waals surface area contributed by atoms with Crippen molar-refractivity contribution in [3.05, 3.63) is 28.2 Å². The Morgan fingerprint density at radius 1 is 1.47 bits per heavy atom. The maximum atomic E-state index is 12.0. The molecule has 1 N–H and O–H groups in total. The van der Waals surface area contributed by atoms with E-state index < -0.39 is 15.1 Å². The summed E-state index contributed by atoms with van der Waals surface area (Å²) in [5.41, 5.74) is 0.850. The predicted molar refractivity (Wildman–Crippen MR) is 60.5 cm³/mol. The highest BCUT2D eigenvalue weighted by molar-refractivity contribution is 9.10. The standard InChI is InChI=1S/C10H11BrO3S/c11-8-1-2-10-7(5-8)6-9(3-4-12)15(10,13)14/h1-2,5,9,12H,3-4,6H2. The smallest absolute Gasteiger partial charge is 0.181 e. The number of benzene rings is 1. The van der Waals surface area contributed by atoms with E-state index in [1.807, 2.05) is 6.07 Å². The predicted octanol–water partition coefficient (Wildman–Crippen LogP) is 1.53. The quantitative estimate of drug-likeness (QED) is 0.899. The number of sulfone groups is 1. The zero-order valence-corrected chi connectivity index (χ0v) is 10.4. The largest absolute Gasteiger partial charge is 0.396 e. The first-order chi connectivity index (χ1) is 7.05. The van der Waals surface area contributed by atoms with Crippen LogP contribution in [0.25, 0.3) is 0 Å². The van der Waals surface area contributed by atoms with Gasteiger partial charge >= 0.3 is 0 Å². The Bertz CT molecular complexity index is 481. The minimum Gasteiger partial charge on any atom is -0.396 e. The summed E-state index contributed by atoms with van der Waals surface area (Å²) in [6, 6.07) is 5.20. The van der Waals surface area contributed by atoms with Crippen molar-refractivity contribution in [1.29, 1.82) is 0 Å². The SMILES string of the molecule is O=S1(=O)c2ccc(Br)cc2CC1CCO. The van der Waals surface area contributed by atoms with E-state index in [-0.39, 0.29) is 6.61 Å². The van der Waals surface area contributed by atoms with Crippen LogP contribution in [0.5, 0.6) is 0 Å². The first kappa shape index (κ1) is 11.1. The van der Waals surface area contributed by atoms with Crippen LogP contribution >= 0.6 is 15.9 Å². The number of hydrogen-bond acceptors (Lipinski definition) is 3. The van der Waals surface area contributed by atoms with Crippen LogP contribution in [0.15, 0.2) is 27.6 Å². The molecule has 0 fully saturated rings. The van der Waals surface area contributed by atoms with Crippen LogP contribution in [-0.2, 0) is 16.3 Å². The molecule has 1 heterocycles. The molecule has 82 valence electrons. The van der Waals surface area contributed by atoms with Gasteiger partial charge in [-0.25, -0.2) is 8.42 Å². The average molecular weight is 291 g/mol. The van der Waals surface area contributed by atoms with Crippen LogP contribution in [0.4, 0.5) is 0 Å². The highest BCUT2D eigenvalue weighted by Gasteiger charge is 2.36. The second-order valence-electron chi connectivity index (χ2n) is 3.64. The van der Waals surface area contributed by atoms with Gasteiger partial charge in [-0.1, -0.05) is 15.9 Å². The molecule has 1 aromatic carbocycles. The lowest BCUT2D eigenvalue weighted by Crippen LogP contribution is -2.18. The molecule has 15 heavy (non-hydrogen) atoms. The van der Waals surface area contributed by atoms with Crippen molar-refractivity contribution in [2.75, 3.05) is 6.61 Å². The van der Waals surface area contributed by atoms with Crippen molar-refractivity contribution in [3.63, 3.8) is 0 Å². The van der Waals surface area contributed by atoms with Crippen LogP contribution in [-0.4, -0.2) is 25.4 Å². The summed E-state index contributed by atoms with van der Waals surface area (Å²) in [6.07, 6.45) is 0.826. The summed E-state index contributed by atoms with van der Waals surface area (Å²) in [6.45, 7) is -0.0843. The number of aliphatic hydroxyl groups excluding tert-OH is 1. The normalized spacial score (nSPS) is 22.7. The molecular weight excluding hydrogens is 280 g/mol. The van der Waals surface area contributed by atoms with Crippen LogP contribution in [0.2, 0.25) is 0 Å². The third-order valence-corrected chi connectivity index (χ3v) is 5.45. The monoisotopic (exact) mass is 290 g/mol. The first-order valence-corrected chi connectivity index (χ1v) is 7.03. The Hall–Kier alpha value is -0.390. The number of rotatable bonds is 2. The Balaban J connectivity index is 2.48. The molecule has 1 aromatic rings. The molecule has 0 saturated heterocycles. The van der Waals surface area contributed by atoms with Gasteiger partial charge in [-0.3, -0.25) is 0 Å². The molecule has 0 amide bonds. The van der Waals surface area contributed by atoms with Gasteiger partial charge < -0.3 is 5.11 Å². The Kier molecular flexibility index (Phi) is 2.87. The summed E-state index contributed by atoms with van der Waals surface area (Å²) < 4.78 is 24.8. The van der Waals surface area contributed by atoms with Crippen molar-refractivity contribution in [2.45, 2.75) is 23.0 Å². The molecule has 5 heteroatoms. The van der Waals surface area contributed by atoms with E-state index >= 15 is 0 Å². The molecule has 0 aromatic heterocycles. The van der Waals surface area contributed by atoms with Gasteiger partial charge in [-0.2, -0.15) is 0 Å². The molecule has 3 nitrogen and oxygen atoms in total. The lowest BCUT2D eigenvalue weighted by Gasteiger charge is -2.05. The van der Waals surface area contributed by atoms with E-state index in [4.69, 9.17) is 5.11 Å². The van der Waals surface area contributed by atoms with Gasteiger partial charge in [0.15, 0.2) is 9.84 Å². The number of fused-ring (bicyclic) bond motifs is 1. The van der Waals surface area contributed by atoms with Crippen molar-refractivity contribution in [1.82, 2.24) is 0 Å². The third kappa shape index (κ3) is 1.84. The maximum absolute atomic E-state index is 12.0. The van der Waals surface area contributed by atoms with E-state index in [9.17, 15) is 8.42 Å². The van der Waals surface area contributed by atoms with Crippen molar-refractivity contribution in [2.24, 2.45) is 0 Å². The van der Waals surface area contributed by atoms with Gasteiger partial charge in [0.25, 0.3) is 0 Å². The molecule has 0 saturated carbocycles. The van der Waals surface area contributed by atoms with Gasteiger partial charge in [-0.15, -0.1) is 0 Å². The summed E-state index contributed by atoms with van der Waals surface area (Å²) in [4.78, 5) is 0.421. The topological polar surface area (TPSA) is 54.4 Å². The molecule has 1 aliphatic rings.